The van der Waals surface area contributed by atoms with Crippen molar-refractivity contribution in [3.8, 4) is 5.75 Å². The number of hydrogen-bond acceptors (Lipinski definition) is 2. The summed E-state index contributed by atoms with van der Waals surface area (Å²) in [6.07, 6.45) is 3.08. The van der Waals surface area contributed by atoms with Crippen molar-refractivity contribution < 1.29 is 9.90 Å². The fourth-order valence-electron chi connectivity index (χ4n) is 2.49. The van der Waals surface area contributed by atoms with Crippen LogP contribution in [-0.4, -0.2) is 11.0 Å². The van der Waals surface area contributed by atoms with Gasteiger partial charge < -0.3 is 10.8 Å². The lowest BCUT2D eigenvalue weighted by atomic mass is 9.72. The van der Waals surface area contributed by atoms with Crippen molar-refractivity contribution in [2.45, 2.75) is 52.4 Å². The number of phenols is 1. The van der Waals surface area contributed by atoms with E-state index in [1.54, 1.807) is 12.1 Å². The minimum absolute atomic E-state index is 0.154. The smallest absolute Gasteiger partial charge is 0.241 e. The van der Waals surface area contributed by atoms with E-state index in [4.69, 9.17) is 5.73 Å². The fourth-order valence-corrected chi connectivity index (χ4v) is 2.49. The van der Waals surface area contributed by atoms with Gasteiger partial charge in [-0.05, 0) is 34.1 Å². The molecule has 1 aromatic rings. The first-order chi connectivity index (χ1) is 8.94. The van der Waals surface area contributed by atoms with E-state index < -0.39 is 5.91 Å². The minimum Gasteiger partial charge on any atom is -0.508 e. The Morgan fingerprint density at radius 1 is 1.05 bits per heavy atom. The molecule has 0 fully saturated rings. The normalized spacial score (nSPS) is 12.9. The van der Waals surface area contributed by atoms with E-state index in [1.165, 1.54) is 6.08 Å². The van der Waals surface area contributed by atoms with Crippen molar-refractivity contribution in [2.24, 2.45) is 5.73 Å². The van der Waals surface area contributed by atoms with Gasteiger partial charge in [-0.15, -0.1) is 0 Å². The molecule has 0 aromatic heterocycles. The van der Waals surface area contributed by atoms with Gasteiger partial charge in [-0.2, -0.15) is 0 Å². The number of hydrogen-bond donors (Lipinski definition) is 2. The number of carbonyl (C=O) groups excluding carboxylic acids is 1. The van der Waals surface area contributed by atoms with Crippen molar-refractivity contribution in [1.82, 2.24) is 0 Å². The van der Waals surface area contributed by atoms with Crippen LogP contribution >= 0.6 is 0 Å². The van der Waals surface area contributed by atoms with Crippen LogP contribution < -0.4 is 5.73 Å². The van der Waals surface area contributed by atoms with Gasteiger partial charge in [0.1, 0.15) is 5.75 Å². The molecular formula is C17H25NO2. The van der Waals surface area contributed by atoms with Crippen LogP contribution in [0.4, 0.5) is 0 Å². The maximum absolute atomic E-state index is 11.0. The molecule has 3 heteroatoms. The molecule has 0 bridgehead atoms. The maximum Gasteiger partial charge on any atom is 0.241 e. The van der Waals surface area contributed by atoms with E-state index in [0.29, 0.717) is 5.75 Å². The third-order valence-corrected chi connectivity index (χ3v) is 3.14. The van der Waals surface area contributed by atoms with Crippen LogP contribution in [0.5, 0.6) is 5.75 Å². The SMILES string of the molecule is CC(C)(C)c1c(O)ccc(/C=C/C(N)=O)c1C(C)(C)C. The monoisotopic (exact) mass is 275 g/mol. The Labute approximate surface area is 121 Å². The molecule has 0 heterocycles. The molecule has 0 aliphatic rings. The third kappa shape index (κ3) is 3.62. The van der Waals surface area contributed by atoms with Crippen LogP contribution in [0, 0.1) is 0 Å². The van der Waals surface area contributed by atoms with Crippen LogP contribution in [0.1, 0.15) is 58.2 Å². The topological polar surface area (TPSA) is 63.3 Å². The number of amides is 1. The summed E-state index contributed by atoms with van der Waals surface area (Å²) in [5.74, 6) is -0.186. The number of phenolic OH excluding ortho intramolecular Hbond substituents is 1. The zero-order chi connectivity index (χ0) is 15.7. The molecular weight excluding hydrogens is 250 g/mol. The summed E-state index contributed by atoms with van der Waals surface area (Å²) in [6.45, 7) is 12.5. The summed E-state index contributed by atoms with van der Waals surface area (Å²) in [5, 5.41) is 10.3. The van der Waals surface area contributed by atoms with Gasteiger partial charge >= 0.3 is 0 Å². The molecule has 0 unspecified atom stereocenters. The Morgan fingerprint density at radius 3 is 1.95 bits per heavy atom. The second-order valence-electron chi connectivity index (χ2n) is 7.16. The molecule has 0 saturated carbocycles. The number of primary amides is 1. The Hall–Kier alpha value is -1.77. The van der Waals surface area contributed by atoms with Crippen molar-refractivity contribution >= 4 is 12.0 Å². The Kier molecular flexibility index (Phi) is 4.33. The Morgan fingerprint density at radius 2 is 1.55 bits per heavy atom. The van der Waals surface area contributed by atoms with Crippen LogP contribution in [0.25, 0.3) is 6.08 Å². The molecule has 3 nitrogen and oxygen atoms in total. The van der Waals surface area contributed by atoms with Crippen molar-refractivity contribution in [2.75, 3.05) is 0 Å². The van der Waals surface area contributed by atoms with Gasteiger partial charge in [-0.1, -0.05) is 47.6 Å². The number of benzene rings is 1. The lowest BCUT2D eigenvalue weighted by Crippen LogP contribution is -2.23. The summed E-state index contributed by atoms with van der Waals surface area (Å²) in [6, 6.07) is 3.50. The van der Waals surface area contributed by atoms with Crippen LogP contribution in [0.15, 0.2) is 18.2 Å². The average molecular weight is 275 g/mol. The first-order valence-electron chi connectivity index (χ1n) is 6.79. The predicted octanol–water partition coefficient (Wildman–Crippen LogP) is 3.49. The highest BCUT2D eigenvalue weighted by Crippen LogP contribution is 2.41. The summed E-state index contributed by atoms with van der Waals surface area (Å²) < 4.78 is 0. The number of carbonyl (C=O) groups is 1. The molecule has 0 atom stereocenters. The van der Waals surface area contributed by atoms with Crippen LogP contribution in [0.2, 0.25) is 0 Å². The number of aromatic hydroxyl groups is 1. The van der Waals surface area contributed by atoms with Crippen LogP contribution in [0.3, 0.4) is 0 Å². The largest absolute Gasteiger partial charge is 0.508 e. The molecule has 0 aliphatic heterocycles. The second-order valence-corrected chi connectivity index (χ2v) is 7.16. The summed E-state index contributed by atoms with van der Waals surface area (Å²) in [5.41, 5.74) is 7.71. The highest BCUT2D eigenvalue weighted by molar-refractivity contribution is 5.90. The molecule has 1 amide bonds. The molecule has 0 saturated heterocycles. The van der Waals surface area contributed by atoms with Crippen molar-refractivity contribution in [3.63, 3.8) is 0 Å². The van der Waals surface area contributed by atoms with Gasteiger partial charge in [0, 0.05) is 11.6 Å². The average Bonchev–Trinajstić information content (AvgIpc) is 2.23. The Bertz CT molecular complexity index is 543. The molecule has 0 aliphatic carbocycles. The van der Waals surface area contributed by atoms with Gasteiger partial charge in [0.2, 0.25) is 5.91 Å². The van der Waals surface area contributed by atoms with E-state index in [-0.39, 0.29) is 10.8 Å². The van der Waals surface area contributed by atoms with E-state index in [1.807, 2.05) is 6.07 Å². The molecule has 20 heavy (non-hydrogen) atoms. The van der Waals surface area contributed by atoms with E-state index in [0.717, 1.165) is 16.7 Å². The summed E-state index contributed by atoms with van der Waals surface area (Å²) >= 11 is 0. The molecule has 0 radical (unpaired) electrons. The number of nitrogens with two attached hydrogens (primary N) is 1. The van der Waals surface area contributed by atoms with Gasteiger partial charge in [-0.3, -0.25) is 4.79 Å². The minimum atomic E-state index is -0.477. The van der Waals surface area contributed by atoms with E-state index in [2.05, 4.69) is 41.5 Å². The first-order valence-corrected chi connectivity index (χ1v) is 6.79. The van der Waals surface area contributed by atoms with Gasteiger partial charge in [-0.25, -0.2) is 0 Å². The van der Waals surface area contributed by atoms with E-state index >= 15 is 0 Å². The van der Waals surface area contributed by atoms with Crippen LogP contribution in [-0.2, 0) is 15.6 Å². The van der Waals surface area contributed by atoms with Gasteiger partial charge in [0.15, 0.2) is 0 Å². The Balaban J connectivity index is 3.68. The lowest BCUT2D eigenvalue weighted by molar-refractivity contribution is -0.113. The predicted molar refractivity (Wildman–Crippen MR) is 83.7 cm³/mol. The highest BCUT2D eigenvalue weighted by Gasteiger charge is 2.29. The van der Waals surface area contributed by atoms with Crippen molar-refractivity contribution in [3.05, 3.63) is 34.9 Å². The zero-order valence-corrected chi connectivity index (χ0v) is 13.2. The zero-order valence-electron chi connectivity index (χ0n) is 13.2. The molecule has 0 spiro atoms. The van der Waals surface area contributed by atoms with Gasteiger partial charge in [0.25, 0.3) is 0 Å². The fraction of sp³-hybridized carbons (Fsp3) is 0.471. The second kappa shape index (κ2) is 5.31. The first kappa shape index (κ1) is 16.3. The highest BCUT2D eigenvalue weighted by atomic mass is 16.3. The lowest BCUT2D eigenvalue weighted by Gasteiger charge is -2.32. The summed E-state index contributed by atoms with van der Waals surface area (Å²) in [4.78, 5) is 11.0. The molecule has 110 valence electrons. The van der Waals surface area contributed by atoms with Gasteiger partial charge in [0.05, 0.1) is 0 Å². The molecule has 1 aromatic carbocycles. The summed E-state index contributed by atoms with van der Waals surface area (Å²) in [7, 11) is 0. The quantitative estimate of drug-likeness (QED) is 0.812. The molecule has 1 rings (SSSR count). The maximum atomic E-state index is 11.0. The third-order valence-electron chi connectivity index (χ3n) is 3.14. The standard InChI is InChI=1S/C17H25NO2/c1-16(2,3)14-11(8-10-13(18)20)7-9-12(19)15(14)17(4,5)6/h7-10,19H,1-6H3,(H2,18,20)/b10-8+. The van der Waals surface area contributed by atoms with Crippen molar-refractivity contribution in [1.29, 1.82) is 0 Å². The molecule has 3 N–H and O–H groups in total. The number of rotatable bonds is 2. The van der Waals surface area contributed by atoms with E-state index in [9.17, 15) is 9.90 Å².